The summed E-state index contributed by atoms with van der Waals surface area (Å²) in [4.78, 5) is 0. The molecule has 0 radical (unpaired) electrons. The summed E-state index contributed by atoms with van der Waals surface area (Å²) < 4.78 is 6.22. The third kappa shape index (κ3) is 1.96. The first-order valence-corrected chi connectivity index (χ1v) is 6.10. The molecule has 1 heterocycles. The van der Waals surface area contributed by atoms with E-state index in [-0.39, 0.29) is 0 Å². The summed E-state index contributed by atoms with van der Waals surface area (Å²) in [5, 5.41) is 3.22. The zero-order valence-corrected chi connectivity index (χ0v) is 9.51. The van der Waals surface area contributed by atoms with Crippen LogP contribution in [0.3, 0.4) is 0 Å². The summed E-state index contributed by atoms with van der Waals surface area (Å²) in [5.41, 5.74) is 0.294. The Balaban J connectivity index is 1.87. The second kappa shape index (κ2) is 4.19. The molecule has 1 saturated carbocycles. The first-order valence-electron chi connectivity index (χ1n) is 6.10. The van der Waals surface area contributed by atoms with Crippen molar-refractivity contribution in [2.45, 2.75) is 57.2 Å². The SMILES string of the molecule is CCC1CCC2(CCC(CNC)O2)C1. The molecular weight excluding hydrogens is 174 g/mol. The fourth-order valence-electron chi connectivity index (χ4n) is 3.15. The van der Waals surface area contributed by atoms with Gasteiger partial charge >= 0.3 is 0 Å². The van der Waals surface area contributed by atoms with Gasteiger partial charge in [-0.15, -0.1) is 0 Å². The van der Waals surface area contributed by atoms with Crippen LogP contribution in [0.2, 0.25) is 0 Å². The zero-order valence-electron chi connectivity index (χ0n) is 9.51. The van der Waals surface area contributed by atoms with Gasteiger partial charge in [-0.25, -0.2) is 0 Å². The lowest BCUT2D eigenvalue weighted by atomic mass is 9.95. The van der Waals surface area contributed by atoms with E-state index in [1.165, 1.54) is 38.5 Å². The molecule has 82 valence electrons. The van der Waals surface area contributed by atoms with Crippen LogP contribution in [0.25, 0.3) is 0 Å². The third-order valence-corrected chi connectivity index (χ3v) is 4.02. The lowest BCUT2D eigenvalue weighted by molar-refractivity contribution is -0.0371. The molecule has 3 unspecified atom stereocenters. The van der Waals surface area contributed by atoms with E-state index in [1.54, 1.807) is 0 Å². The van der Waals surface area contributed by atoms with Gasteiger partial charge in [0.2, 0.25) is 0 Å². The van der Waals surface area contributed by atoms with Gasteiger partial charge in [-0.3, -0.25) is 0 Å². The van der Waals surface area contributed by atoms with E-state index in [1.807, 2.05) is 7.05 Å². The predicted octanol–water partition coefficient (Wildman–Crippen LogP) is 2.33. The van der Waals surface area contributed by atoms with Gasteiger partial charge in [0.25, 0.3) is 0 Å². The third-order valence-electron chi connectivity index (χ3n) is 4.02. The highest BCUT2D eigenvalue weighted by Gasteiger charge is 2.44. The topological polar surface area (TPSA) is 21.3 Å². The fourth-order valence-corrected chi connectivity index (χ4v) is 3.15. The average Bonchev–Trinajstić information content (AvgIpc) is 2.76. The molecule has 1 saturated heterocycles. The second-order valence-electron chi connectivity index (χ2n) is 5.04. The molecule has 1 aliphatic heterocycles. The van der Waals surface area contributed by atoms with Gasteiger partial charge in [-0.05, 0) is 45.1 Å². The van der Waals surface area contributed by atoms with Crippen molar-refractivity contribution in [2.24, 2.45) is 5.92 Å². The molecule has 14 heavy (non-hydrogen) atoms. The summed E-state index contributed by atoms with van der Waals surface area (Å²) in [6.07, 6.45) is 8.41. The normalized spacial score (nSPS) is 42.4. The van der Waals surface area contributed by atoms with Crippen LogP contribution in [0.1, 0.15) is 45.4 Å². The highest BCUT2D eigenvalue weighted by molar-refractivity contribution is 4.95. The van der Waals surface area contributed by atoms with Crippen LogP contribution in [-0.2, 0) is 4.74 Å². The predicted molar refractivity (Wildman–Crippen MR) is 58.4 cm³/mol. The monoisotopic (exact) mass is 197 g/mol. The van der Waals surface area contributed by atoms with Crippen LogP contribution in [-0.4, -0.2) is 25.3 Å². The van der Waals surface area contributed by atoms with Crippen molar-refractivity contribution in [2.75, 3.05) is 13.6 Å². The molecule has 1 aliphatic carbocycles. The van der Waals surface area contributed by atoms with E-state index in [4.69, 9.17) is 4.74 Å². The molecule has 0 aromatic heterocycles. The van der Waals surface area contributed by atoms with Crippen LogP contribution >= 0.6 is 0 Å². The highest BCUT2D eigenvalue weighted by atomic mass is 16.5. The molecule has 3 atom stereocenters. The molecule has 0 aromatic carbocycles. The van der Waals surface area contributed by atoms with Crippen LogP contribution < -0.4 is 5.32 Å². The van der Waals surface area contributed by atoms with Crippen LogP contribution in [0.15, 0.2) is 0 Å². The first-order chi connectivity index (χ1) is 6.78. The van der Waals surface area contributed by atoms with Gasteiger partial charge in [-0.1, -0.05) is 13.3 Å². The smallest absolute Gasteiger partial charge is 0.0707 e. The molecule has 2 fully saturated rings. The Morgan fingerprint density at radius 3 is 2.79 bits per heavy atom. The Morgan fingerprint density at radius 2 is 2.14 bits per heavy atom. The molecule has 2 rings (SSSR count). The summed E-state index contributed by atoms with van der Waals surface area (Å²) >= 11 is 0. The highest BCUT2D eigenvalue weighted by Crippen LogP contribution is 2.46. The molecular formula is C12H23NO. The molecule has 0 bridgehead atoms. The lowest BCUT2D eigenvalue weighted by Gasteiger charge is -2.24. The van der Waals surface area contributed by atoms with Crippen molar-refractivity contribution in [1.29, 1.82) is 0 Å². The minimum absolute atomic E-state index is 0.294. The number of nitrogens with one attached hydrogen (secondary N) is 1. The minimum atomic E-state index is 0.294. The van der Waals surface area contributed by atoms with Gasteiger partial charge in [0.1, 0.15) is 0 Å². The minimum Gasteiger partial charge on any atom is -0.370 e. The van der Waals surface area contributed by atoms with E-state index in [9.17, 15) is 0 Å². The Bertz CT molecular complexity index is 195. The Kier molecular flexibility index (Phi) is 3.13. The Labute approximate surface area is 87.4 Å². The molecule has 0 amide bonds. The summed E-state index contributed by atoms with van der Waals surface area (Å²) in [6.45, 7) is 3.34. The van der Waals surface area contributed by atoms with E-state index in [0.717, 1.165) is 12.5 Å². The molecule has 2 aliphatic rings. The van der Waals surface area contributed by atoms with Crippen molar-refractivity contribution in [1.82, 2.24) is 5.32 Å². The van der Waals surface area contributed by atoms with Crippen LogP contribution in [0, 0.1) is 5.92 Å². The summed E-state index contributed by atoms with van der Waals surface area (Å²) in [7, 11) is 2.01. The van der Waals surface area contributed by atoms with Crippen molar-refractivity contribution in [3.63, 3.8) is 0 Å². The van der Waals surface area contributed by atoms with Crippen LogP contribution in [0.5, 0.6) is 0 Å². The molecule has 0 aromatic rings. The summed E-state index contributed by atoms with van der Waals surface area (Å²) in [5.74, 6) is 0.934. The summed E-state index contributed by atoms with van der Waals surface area (Å²) in [6, 6.07) is 0. The van der Waals surface area contributed by atoms with Crippen molar-refractivity contribution in [3.05, 3.63) is 0 Å². The molecule has 1 spiro atoms. The van der Waals surface area contributed by atoms with Gasteiger partial charge in [0.05, 0.1) is 11.7 Å². The van der Waals surface area contributed by atoms with E-state index in [2.05, 4.69) is 12.2 Å². The molecule has 2 heteroatoms. The largest absolute Gasteiger partial charge is 0.370 e. The van der Waals surface area contributed by atoms with Gasteiger partial charge < -0.3 is 10.1 Å². The van der Waals surface area contributed by atoms with Crippen molar-refractivity contribution >= 4 is 0 Å². The van der Waals surface area contributed by atoms with E-state index >= 15 is 0 Å². The second-order valence-corrected chi connectivity index (χ2v) is 5.04. The quantitative estimate of drug-likeness (QED) is 0.750. The lowest BCUT2D eigenvalue weighted by Crippen LogP contribution is -2.29. The van der Waals surface area contributed by atoms with Gasteiger partial charge in [-0.2, -0.15) is 0 Å². The van der Waals surface area contributed by atoms with Crippen molar-refractivity contribution in [3.8, 4) is 0 Å². The fraction of sp³-hybridized carbons (Fsp3) is 1.00. The average molecular weight is 197 g/mol. The first kappa shape index (κ1) is 10.4. The van der Waals surface area contributed by atoms with Gasteiger partial charge in [0.15, 0.2) is 0 Å². The van der Waals surface area contributed by atoms with E-state index in [0.29, 0.717) is 11.7 Å². The van der Waals surface area contributed by atoms with Crippen LogP contribution in [0.4, 0.5) is 0 Å². The van der Waals surface area contributed by atoms with Gasteiger partial charge in [0, 0.05) is 6.54 Å². The maximum atomic E-state index is 6.22. The number of hydrogen-bond donors (Lipinski definition) is 1. The maximum absolute atomic E-state index is 6.22. The van der Waals surface area contributed by atoms with E-state index < -0.39 is 0 Å². The number of likely N-dealkylation sites (N-methyl/N-ethyl adjacent to an activating group) is 1. The maximum Gasteiger partial charge on any atom is 0.0707 e. The molecule has 2 nitrogen and oxygen atoms in total. The standard InChI is InChI=1S/C12H23NO/c1-3-10-4-6-12(8-10)7-5-11(14-12)9-13-2/h10-11,13H,3-9H2,1-2H3. The van der Waals surface area contributed by atoms with Crippen molar-refractivity contribution < 1.29 is 4.74 Å². The Hall–Kier alpha value is -0.0800. The Morgan fingerprint density at radius 1 is 1.36 bits per heavy atom. The number of hydrogen-bond acceptors (Lipinski definition) is 2. The zero-order chi connectivity index (χ0) is 10.0. The molecule has 1 N–H and O–H groups in total. The number of rotatable bonds is 3. The number of ether oxygens (including phenoxy) is 1.